The number of amides is 1. The number of carbonyl (C=O) groups is 1. The molecule has 112 valence electrons. The Labute approximate surface area is 134 Å². The fourth-order valence-electron chi connectivity index (χ4n) is 1.82. The Hall–Kier alpha value is -2.29. The number of sulfone groups is 1. The third kappa shape index (κ3) is 3.67. The SMILES string of the molecule is C#Cc1cccc(NC(=O)c2ccc(Cl)c(S(C)(=O)=O)c2)c1. The van der Waals surface area contributed by atoms with E-state index in [1.165, 1.54) is 18.2 Å². The van der Waals surface area contributed by atoms with Crippen molar-refractivity contribution in [3.8, 4) is 12.3 Å². The van der Waals surface area contributed by atoms with Crippen molar-refractivity contribution in [1.82, 2.24) is 0 Å². The third-order valence-electron chi connectivity index (χ3n) is 2.88. The van der Waals surface area contributed by atoms with Crippen molar-refractivity contribution < 1.29 is 13.2 Å². The zero-order valence-electron chi connectivity index (χ0n) is 11.6. The molecule has 2 rings (SSSR count). The largest absolute Gasteiger partial charge is 0.322 e. The summed E-state index contributed by atoms with van der Waals surface area (Å²) in [5.41, 5.74) is 1.35. The Morgan fingerprint density at radius 2 is 1.95 bits per heavy atom. The van der Waals surface area contributed by atoms with Crippen molar-refractivity contribution >= 4 is 33.0 Å². The number of rotatable bonds is 3. The molecule has 0 atom stereocenters. The first kappa shape index (κ1) is 16.1. The minimum atomic E-state index is -3.51. The number of hydrogen-bond donors (Lipinski definition) is 1. The van der Waals surface area contributed by atoms with Crippen molar-refractivity contribution in [3.05, 3.63) is 58.6 Å². The number of carbonyl (C=O) groups excluding carboxylic acids is 1. The van der Waals surface area contributed by atoms with Crippen molar-refractivity contribution in [3.63, 3.8) is 0 Å². The summed E-state index contributed by atoms with van der Waals surface area (Å²) in [6.07, 6.45) is 6.33. The van der Waals surface area contributed by atoms with Crippen LogP contribution in [0, 0.1) is 12.3 Å². The minimum Gasteiger partial charge on any atom is -0.322 e. The first-order chi connectivity index (χ1) is 10.3. The van der Waals surface area contributed by atoms with Crippen LogP contribution in [0.1, 0.15) is 15.9 Å². The number of terminal acetylenes is 1. The van der Waals surface area contributed by atoms with Gasteiger partial charge in [0.05, 0.1) is 9.92 Å². The molecule has 0 aliphatic heterocycles. The monoisotopic (exact) mass is 333 g/mol. The molecular formula is C16H12ClNO3S. The predicted octanol–water partition coefficient (Wildman–Crippen LogP) is 2.98. The summed E-state index contributed by atoms with van der Waals surface area (Å²) in [6.45, 7) is 0. The third-order valence-corrected chi connectivity index (χ3v) is 4.46. The van der Waals surface area contributed by atoms with E-state index in [0.29, 0.717) is 11.3 Å². The average Bonchev–Trinajstić information content (AvgIpc) is 2.46. The molecule has 2 aromatic carbocycles. The fraction of sp³-hybridized carbons (Fsp3) is 0.0625. The summed E-state index contributed by atoms with van der Waals surface area (Å²) in [7, 11) is -3.51. The molecule has 1 N–H and O–H groups in total. The Morgan fingerprint density at radius 3 is 2.59 bits per heavy atom. The lowest BCUT2D eigenvalue weighted by Gasteiger charge is -2.08. The van der Waals surface area contributed by atoms with Gasteiger partial charge in [-0.25, -0.2) is 8.42 Å². The van der Waals surface area contributed by atoms with Gasteiger partial charge < -0.3 is 5.32 Å². The molecule has 0 aliphatic carbocycles. The van der Waals surface area contributed by atoms with Crippen LogP contribution < -0.4 is 5.32 Å². The molecule has 22 heavy (non-hydrogen) atoms. The summed E-state index contributed by atoms with van der Waals surface area (Å²) in [5, 5.41) is 2.74. The molecular weight excluding hydrogens is 322 g/mol. The minimum absolute atomic E-state index is 0.0772. The van der Waals surface area contributed by atoms with Crippen LogP contribution >= 0.6 is 11.6 Å². The van der Waals surface area contributed by atoms with Gasteiger partial charge in [0.2, 0.25) is 0 Å². The van der Waals surface area contributed by atoms with Gasteiger partial charge in [0.15, 0.2) is 9.84 Å². The standard InChI is InChI=1S/C16H12ClNO3S/c1-3-11-5-4-6-13(9-11)18-16(19)12-7-8-14(17)15(10-12)22(2,20)21/h1,4-10H,2H3,(H,18,19). The lowest BCUT2D eigenvalue weighted by molar-refractivity contribution is 0.102. The molecule has 0 aliphatic rings. The topological polar surface area (TPSA) is 63.2 Å². The maximum absolute atomic E-state index is 12.2. The van der Waals surface area contributed by atoms with Gasteiger partial charge in [-0.15, -0.1) is 6.42 Å². The lowest BCUT2D eigenvalue weighted by atomic mass is 10.2. The van der Waals surface area contributed by atoms with Crippen molar-refractivity contribution in [2.75, 3.05) is 11.6 Å². The summed E-state index contributed by atoms with van der Waals surface area (Å²) < 4.78 is 23.3. The molecule has 0 fully saturated rings. The van der Waals surface area contributed by atoms with Gasteiger partial charge in [-0.1, -0.05) is 23.6 Å². The van der Waals surface area contributed by atoms with Gasteiger partial charge in [-0.2, -0.15) is 0 Å². The summed E-state index contributed by atoms with van der Waals surface area (Å²) >= 11 is 5.85. The average molecular weight is 334 g/mol. The number of halogens is 1. The number of nitrogens with one attached hydrogen (secondary N) is 1. The molecule has 0 heterocycles. The number of anilines is 1. The van der Waals surface area contributed by atoms with Crippen LogP contribution in [-0.2, 0) is 9.84 Å². The van der Waals surface area contributed by atoms with E-state index < -0.39 is 15.7 Å². The maximum atomic E-state index is 12.2. The molecule has 0 saturated carbocycles. The van der Waals surface area contributed by atoms with E-state index in [0.717, 1.165) is 6.26 Å². The highest BCUT2D eigenvalue weighted by Crippen LogP contribution is 2.23. The van der Waals surface area contributed by atoms with Gasteiger partial charge >= 0.3 is 0 Å². The van der Waals surface area contributed by atoms with E-state index in [9.17, 15) is 13.2 Å². The van der Waals surface area contributed by atoms with Crippen LogP contribution in [0.2, 0.25) is 5.02 Å². The van der Waals surface area contributed by atoms with Gasteiger partial charge in [-0.3, -0.25) is 4.79 Å². The number of benzene rings is 2. The molecule has 1 amide bonds. The molecule has 0 aromatic heterocycles. The highest BCUT2D eigenvalue weighted by atomic mass is 35.5. The smallest absolute Gasteiger partial charge is 0.255 e. The Bertz CT molecular complexity index is 883. The van der Waals surface area contributed by atoms with Crippen molar-refractivity contribution in [2.45, 2.75) is 4.90 Å². The molecule has 0 spiro atoms. The highest BCUT2D eigenvalue weighted by Gasteiger charge is 2.16. The molecule has 6 heteroatoms. The molecule has 0 radical (unpaired) electrons. The van der Waals surface area contributed by atoms with Crippen LogP contribution in [0.25, 0.3) is 0 Å². The van der Waals surface area contributed by atoms with Gasteiger partial charge in [0, 0.05) is 23.1 Å². The van der Waals surface area contributed by atoms with Gasteiger partial charge in [0.25, 0.3) is 5.91 Å². The Morgan fingerprint density at radius 1 is 1.23 bits per heavy atom. The molecule has 0 saturated heterocycles. The van der Waals surface area contributed by atoms with E-state index in [4.69, 9.17) is 18.0 Å². The summed E-state index contributed by atoms with van der Waals surface area (Å²) in [4.78, 5) is 12.1. The van der Waals surface area contributed by atoms with Crippen molar-refractivity contribution in [1.29, 1.82) is 0 Å². The molecule has 4 nitrogen and oxygen atoms in total. The molecule has 0 bridgehead atoms. The molecule has 2 aromatic rings. The van der Waals surface area contributed by atoms with E-state index >= 15 is 0 Å². The van der Waals surface area contributed by atoms with E-state index in [1.54, 1.807) is 24.3 Å². The highest BCUT2D eigenvalue weighted by molar-refractivity contribution is 7.90. The van der Waals surface area contributed by atoms with Crippen LogP contribution in [0.15, 0.2) is 47.4 Å². The first-order valence-electron chi connectivity index (χ1n) is 6.19. The zero-order valence-corrected chi connectivity index (χ0v) is 13.2. The van der Waals surface area contributed by atoms with Crippen LogP contribution in [0.3, 0.4) is 0 Å². The normalized spacial score (nSPS) is 10.8. The van der Waals surface area contributed by atoms with Crippen LogP contribution in [-0.4, -0.2) is 20.6 Å². The second-order valence-corrected chi connectivity index (χ2v) is 6.99. The van der Waals surface area contributed by atoms with Crippen molar-refractivity contribution in [2.24, 2.45) is 0 Å². The number of hydrogen-bond acceptors (Lipinski definition) is 3. The second-order valence-electron chi connectivity index (χ2n) is 4.60. The zero-order chi connectivity index (χ0) is 16.3. The summed E-state index contributed by atoms with van der Waals surface area (Å²) in [6, 6.07) is 10.9. The first-order valence-corrected chi connectivity index (χ1v) is 8.46. The Kier molecular flexibility index (Phi) is 4.55. The van der Waals surface area contributed by atoms with E-state index in [-0.39, 0.29) is 15.5 Å². The lowest BCUT2D eigenvalue weighted by Crippen LogP contribution is -2.13. The fourth-order valence-corrected chi connectivity index (χ4v) is 3.12. The maximum Gasteiger partial charge on any atom is 0.255 e. The van der Waals surface area contributed by atoms with E-state index in [1.807, 2.05) is 0 Å². The van der Waals surface area contributed by atoms with Gasteiger partial charge in [-0.05, 0) is 36.4 Å². The van der Waals surface area contributed by atoms with E-state index in [2.05, 4.69) is 11.2 Å². The Balaban J connectivity index is 2.32. The van der Waals surface area contributed by atoms with Crippen LogP contribution in [0.5, 0.6) is 0 Å². The summed E-state index contributed by atoms with van der Waals surface area (Å²) in [5.74, 6) is 2.02. The van der Waals surface area contributed by atoms with Crippen LogP contribution in [0.4, 0.5) is 5.69 Å². The second kappa shape index (κ2) is 6.22. The predicted molar refractivity (Wildman–Crippen MR) is 86.9 cm³/mol. The quantitative estimate of drug-likeness (QED) is 0.878. The van der Waals surface area contributed by atoms with Gasteiger partial charge in [0.1, 0.15) is 0 Å². The molecule has 0 unspecified atom stereocenters.